The first kappa shape index (κ1) is 12.8. The van der Waals surface area contributed by atoms with Crippen LogP contribution in [0.3, 0.4) is 0 Å². The van der Waals surface area contributed by atoms with Gasteiger partial charge < -0.3 is 20.1 Å². The van der Waals surface area contributed by atoms with Crippen LogP contribution in [-0.2, 0) is 0 Å². The third-order valence-corrected chi connectivity index (χ3v) is 3.20. The molecule has 0 spiro atoms. The van der Waals surface area contributed by atoms with Crippen molar-refractivity contribution in [2.75, 3.05) is 30.7 Å². The van der Waals surface area contributed by atoms with Crippen molar-refractivity contribution >= 4 is 29.3 Å². The minimum atomic E-state index is 0.255. The lowest BCUT2D eigenvalue weighted by molar-refractivity contribution is 0.174. The highest BCUT2D eigenvalue weighted by Crippen LogP contribution is 2.34. The van der Waals surface area contributed by atoms with Crippen molar-refractivity contribution in [1.29, 1.82) is 0 Å². The Morgan fingerprint density at radius 3 is 2.70 bits per heavy atom. The summed E-state index contributed by atoms with van der Waals surface area (Å²) in [6.45, 7) is 0.255. The Kier molecular flexibility index (Phi) is 3.46. The van der Waals surface area contributed by atoms with Gasteiger partial charge in [0.1, 0.15) is 0 Å². The van der Waals surface area contributed by atoms with Gasteiger partial charge in [0.05, 0.1) is 0 Å². The summed E-state index contributed by atoms with van der Waals surface area (Å²) in [5.41, 5.74) is 0.828. The molecule has 8 heteroatoms. The standard InChI is InChI=1S/C12H13N5O2S/c1-13-10-15-11(17-12(16-10)20-2)14-7-3-4-8-9(5-7)19-6-18-8/h3-5H,6H2,1-2H3,(H2,13,14,15,16,17). The monoisotopic (exact) mass is 291 g/mol. The molecule has 2 N–H and O–H groups in total. The summed E-state index contributed by atoms with van der Waals surface area (Å²) in [7, 11) is 1.77. The Morgan fingerprint density at radius 2 is 1.90 bits per heavy atom. The summed E-state index contributed by atoms with van der Waals surface area (Å²) in [5.74, 6) is 2.45. The summed E-state index contributed by atoms with van der Waals surface area (Å²) in [6.07, 6.45) is 1.92. The Bertz CT molecular complexity index is 615. The lowest BCUT2D eigenvalue weighted by Crippen LogP contribution is -2.04. The number of rotatable bonds is 4. The quantitative estimate of drug-likeness (QED) is 0.829. The number of aromatic nitrogens is 3. The zero-order chi connectivity index (χ0) is 13.9. The van der Waals surface area contributed by atoms with E-state index in [0.29, 0.717) is 22.8 Å². The first-order chi connectivity index (χ1) is 9.78. The number of nitrogens with zero attached hydrogens (tertiary/aromatic N) is 3. The number of benzene rings is 1. The highest BCUT2D eigenvalue weighted by molar-refractivity contribution is 7.98. The number of fused-ring (bicyclic) bond motifs is 1. The Morgan fingerprint density at radius 1 is 1.10 bits per heavy atom. The average molecular weight is 291 g/mol. The van der Waals surface area contributed by atoms with Crippen molar-refractivity contribution < 1.29 is 9.47 Å². The Labute approximate surface area is 120 Å². The smallest absolute Gasteiger partial charge is 0.233 e. The molecule has 0 saturated carbocycles. The van der Waals surface area contributed by atoms with Gasteiger partial charge in [0.15, 0.2) is 16.7 Å². The molecule has 2 aromatic rings. The molecule has 1 aromatic heterocycles. The van der Waals surface area contributed by atoms with Crippen LogP contribution in [0, 0.1) is 0 Å². The summed E-state index contributed by atoms with van der Waals surface area (Å²) >= 11 is 1.46. The summed E-state index contributed by atoms with van der Waals surface area (Å²) in [5, 5.41) is 6.69. The highest BCUT2D eigenvalue weighted by atomic mass is 32.2. The first-order valence-electron chi connectivity index (χ1n) is 5.93. The van der Waals surface area contributed by atoms with Crippen LogP contribution in [-0.4, -0.2) is 35.0 Å². The third-order valence-electron chi connectivity index (χ3n) is 2.65. The topological polar surface area (TPSA) is 81.2 Å². The van der Waals surface area contributed by atoms with Crippen LogP contribution in [0.4, 0.5) is 17.6 Å². The highest BCUT2D eigenvalue weighted by Gasteiger charge is 2.14. The maximum Gasteiger partial charge on any atom is 0.233 e. The summed E-state index contributed by atoms with van der Waals surface area (Å²) < 4.78 is 10.6. The van der Waals surface area contributed by atoms with E-state index < -0.39 is 0 Å². The molecule has 0 amide bonds. The van der Waals surface area contributed by atoms with Crippen LogP contribution < -0.4 is 20.1 Å². The average Bonchev–Trinajstić information content (AvgIpc) is 2.94. The molecule has 20 heavy (non-hydrogen) atoms. The lowest BCUT2D eigenvalue weighted by Gasteiger charge is -2.08. The van der Waals surface area contributed by atoms with Crippen molar-refractivity contribution in [2.45, 2.75) is 5.16 Å². The van der Waals surface area contributed by atoms with Gasteiger partial charge in [0.25, 0.3) is 0 Å². The maximum absolute atomic E-state index is 5.33. The van der Waals surface area contributed by atoms with Gasteiger partial charge in [0, 0.05) is 18.8 Å². The molecule has 2 heterocycles. The molecular weight excluding hydrogens is 278 g/mol. The number of hydrogen-bond acceptors (Lipinski definition) is 8. The first-order valence-corrected chi connectivity index (χ1v) is 7.15. The second kappa shape index (κ2) is 5.41. The van der Waals surface area contributed by atoms with Crippen LogP contribution >= 0.6 is 11.8 Å². The van der Waals surface area contributed by atoms with Gasteiger partial charge in [-0.25, -0.2) is 0 Å². The molecule has 0 unspecified atom stereocenters. The molecule has 0 fully saturated rings. The Hall–Kier alpha value is -2.22. The second-order valence-corrected chi connectivity index (χ2v) is 4.69. The largest absolute Gasteiger partial charge is 0.454 e. The number of ether oxygens (including phenoxy) is 2. The van der Waals surface area contributed by atoms with E-state index in [2.05, 4.69) is 25.6 Å². The van der Waals surface area contributed by atoms with Crippen molar-refractivity contribution in [2.24, 2.45) is 0 Å². The molecule has 104 valence electrons. The number of nitrogens with one attached hydrogen (secondary N) is 2. The molecule has 0 radical (unpaired) electrons. The van der Waals surface area contributed by atoms with Crippen LogP contribution in [0.2, 0.25) is 0 Å². The molecule has 0 bridgehead atoms. The molecule has 3 rings (SSSR count). The van der Waals surface area contributed by atoms with E-state index in [4.69, 9.17) is 9.47 Å². The van der Waals surface area contributed by atoms with Crippen molar-refractivity contribution in [3.05, 3.63) is 18.2 Å². The maximum atomic E-state index is 5.33. The van der Waals surface area contributed by atoms with Crippen LogP contribution in [0.1, 0.15) is 0 Å². The van der Waals surface area contributed by atoms with Gasteiger partial charge in [-0.05, 0) is 18.4 Å². The van der Waals surface area contributed by atoms with E-state index in [1.54, 1.807) is 7.05 Å². The molecule has 0 aliphatic carbocycles. The predicted octanol–water partition coefficient (Wildman–Crippen LogP) is 2.11. The van der Waals surface area contributed by atoms with E-state index in [9.17, 15) is 0 Å². The molecule has 1 aliphatic heterocycles. The van der Waals surface area contributed by atoms with Gasteiger partial charge in [-0.3, -0.25) is 0 Å². The molecule has 7 nitrogen and oxygen atoms in total. The summed E-state index contributed by atoms with van der Waals surface area (Å²) in [4.78, 5) is 12.8. The number of thioether (sulfide) groups is 1. The van der Waals surface area contributed by atoms with Gasteiger partial charge in [-0.2, -0.15) is 15.0 Å². The van der Waals surface area contributed by atoms with E-state index in [0.717, 1.165) is 11.4 Å². The minimum absolute atomic E-state index is 0.255. The van der Waals surface area contributed by atoms with E-state index in [1.807, 2.05) is 24.5 Å². The fourth-order valence-electron chi connectivity index (χ4n) is 1.72. The van der Waals surface area contributed by atoms with E-state index in [-0.39, 0.29) is 6.79 Å². The van der Waals surface area contributed by atoms with Crippen molar-refractivity contribution in [3.8, 4) is 11.5 Å². The second-order valence-electron chi connectivity index (χ2n) is 3.91. The Balaban J connectivity index is 1.87. The third kappa shape index (κ3) is 2.55. The lowest BCUT2D eigenvalue weighted by atomic mass is 10.3. The van der Waals surface area contributed by atoms with Gasteiger partial charge >= 0.3 is 0 Å². The zero-order valence-corrected chi connectivity index (χ0v) is 11.8. The van der Waals surface area contributed by atoms with E-state index in [1.165, 1.54) is 11.8 Å². The van der Waals surface area contributed by atoms with Crippen molar-refractivity contribution in [3.63, 3.8) is 0 Å². The number of anilines is 3. The SMILES string of the molecule is CNc1nc(Nc2ccc3c(c2)OCO3)nc(SC)n1. The molecule has 0 saturated heterocycles. The van der Waals surface area contributed by atoms with Gasteiger partial charge in [-0.1, -0.05) is 11.8 Å². The molecular formula is C12H13N5O2S. The van der Waals surface area contributed by atoms with Crippen molar-refractivity contribution in [1.82, 2.24) is 15.0 Å². The summed E-state index contributed by atoms with van der Waals surface area (Å²) in [6, 6.07) is 5.58. The van der Waals surface area contributed by atoms with Crippen LogP contribution in [0.25, 0.3) is 0 Å². The number of hydrogen-bond donors (Lipinski definition) is 2. The van der Waals surface area contributed by atoms with Crippen LogP contribution in [0.15, 0.2) is 23.4 Å². The van der Waals surface area contributed by atoms with E-state index >= 15 is 0 Å². The molecule has 1 aliphatic rings. The minimum Gasteiger partial charge on any atom is -0.454 e. The van der Waals surface area contributed by atoms with Gasteiger partial charge in [-0.15, -0.1) is 0 Å². The molecule has 1 aromatic carbocycles. The fraction of sp³-hybridized carbons (Fsp3) is 0.250. The van der Waals surface area contributed by atoms with Crippen LogP contribution in [0.5, 0.6) is 11.5 Å². The zero-order valence-electron chi connectivity index (χ0n) is 11.0. The predicted molar refractivity (Wildman–Crippen MR) is 77.0 cm³/mol. The van der Waals surface area contributed by atoms with Gasteiger partial charge in [0.2, 0.25) is 18.7 Å². The normalized spacial score (nSPS) is 12.3. The fourth-order valence-corrected chi connectivity index (χ4v) is 2.07. The molecule has 0 atom stereocenters.